The molecule has 0 saturated carbocycles. The van der Waals surface area contributed by atoms with Gasteiger partial charge in [0.15, 0.2) is 5.17 Å². The van der Waals surface area contributed by atoms with Crippen molar-refractivity contribution in [3.8, 4) is 10.6 Å². The Morgan fingerprint density at radius 3 is 2.88 bits per heavy atom. The number of amides is 1. The molecule has 1 N–H and O–H groups in total. The highest BCUT2D eigenvalue weighted by molar-refractivity contribution is 8.14. The maximum Gasteiger partial charge on any atom is 0.234 e. The normalized spacial score (nSPS) is 16.3. The van der Waals surface area contributed by atoms with Gasteiger partial charge in [-0.25, -0.2) is 15.0 Å². The number of nitrogens with zero attached hydrogens (tertiary/aromatic N) is 4. The molecular weight excluding hydrogens is 462 g/mol. The van der Waals surface area contributed by atoms with Gasteiger partial charge in [0.1, 0.15) is 5.01 Å². The van der Waals surface area contributed by atoms with E-state index in [0.29, 0.717) is 0 Å². The van der Waals surface area contributed by atoms with Gasteiger partial charge in [0.2, 0.25) is 5.91 Å². The SMILES string of the molecule is Cc1ccc2nc(-c3ccc(NC(=O)CSC4=Nc5ccccc5[C@@H]5CC=NN45)cc3)sc2c1. The molecule has 3 aromatic carbocycles. The highest BCUT2D eigenvalue weighted by Crippen LogP contribution is 2.41. The van der Waals surface area contributed by atoms with E-state index in [2.05, 4.69) is 41.6 Å². The average Bonchev–Trinajstić information content (AvgIpc) is 3.50. The molecule has 0 aliphatic carbocycles. The van der Waals surface area contributed by atoms with Gasteiger partial charge in [0, 0.05) is 29.4 Å². The summed E-state index contributed by atoms with van der Waals surface area (Å²) in [5.74, 6) is 0.188. The summed E-state index contributed by atoms with van der Waals surface area (Å²) in [5.41, 5.74) is 6.18. The molecule has 0 bridgehead atoms. The number of aliphatic imine (C=N–C) groups is 1. The quantitative estimate of drug-likeness (QED) is 0.366. The van der Waals surface area contributed by atoms with Crippen LogP contribution in [0.4, 0.5) is 11.4 Å². The number of hydrazone groups is 1. The Bertz CT molecular complexity index is 1460. The van der Waals surface area contributed by atoms with Gasteiger partial charge in [-0.05, 0) is 55.0 Å². The number of fused-ring (bicyclic) bond motifs is 4. The first-order valence-corrected chi connectivity index (χ1v) is 12.8. The summed E-state index contributed by atoms with van der Waals surface area (Å²) >= 11 is 3.09. The van der Waals surface area contributed by atoms with Crippen molar-refractivity contribution in [3.05, 3.63) is 77.9 Å². The number of thioether (sulfide) groups is 1. The molecule has 1 amide bonds. The maximum atomic E-state index is 12.6. The molecule has 0 spiro atoms. The van der Waals surface area contributed by atoms with Crippen molar-refractivity contribution < 1.29 is 4.79 Å². The number of thiazole rings is 1. The lowest BCUT2D eigenvalue weighted by molar-refractivity contribution is -0.113. The second kappa shape index (κ2) is 8.70. The molecule has 6 rings (SSSR count). The van der Waals surface area contributed by atoms with Crippen LogP contribution in [0.3, 0.4) is 0 Å². The summed E-state index contributed by atoms with van der Waals surface area (Å²) in [6, 6.07) is 22.4. The first-order chi connectivity index (χ1) is 16.6. The van der Waals surface area contributed by atoms with E-state index in [1.807, 2.05) is 53.7 Å². The van der Waals surface area contributed by atoms with Crippen LogP contribution in [-0.2, 0) is 4.79 Å². The molecule has 0 saturated heterocycles. The third-order valence-electron chi connectivity index (χ3n) is 5.83. The molecule has 8 heteroatoms. The summed E-state index contributed by atoms with van der Waals surface area (Å²) in [4.78, 5) is 22.1. The molecule has 168 valence electrons. The van der Waals surface area contributed by atoms with Crippen molar-refractivity contribution in [2.45, 2.75) is 19.4 Å². The van der Waals surface area contributed by atoms with Gasteiger partial charge in [0.05, 0.1) is 27.7 Å². The molecular formula is C26H21N5OS2. The molecule has 34 heavy (non-hydrogen) atoms. The predicted molar refractivity (Wildman–Crippen MR) is 142 cm³/mol. The number of hydrogen-bond donors (Lipinski definition) is 1. The van der Waals surface area contributed by atoms with Crippen LogP contribution in [0, 0.1) is 6.92 Å². The van der Waals surface area contributed by atoms with E-state index in [1.165, 1.54) is 27.6 Å². The van der Waals surface area contributed by atoms with Crippen LogP contribution in [0.1, 0.15) is 23.6 Å². The van der Waals surface area contributed by atoms with Crippen molar-refractivity contribution >= 4 is 62.0 Å². The van der Waals surface area contributed by atoms with Crippen molar-refractivity contribution in [3.63, 3.8) is 0 Å². The molecule has 0 unspecified atom stereocenters. The summed E-state index contributed by atoms with van der Waals surface area (Å²) < 4.78 is 1.18. The van der Waals surface area contributed by atoms with Crippen molar-refractivity contribution in [2.24, 2.45) is 10.1 Å². The molecule has 1 atom stereocenters. The zero-order valence-electron chi connectivity index (χ0n) is 18.4. The molecule has 3 heterocycles. The Morgan fingerprint density at radius 1 is 1.15 bits per heavy atom. The van der Waals surface area contributed by atoms with Crippen LogP contribution in [0.5, 0.6) is 0 Å². The number of hydrogen-bond acceptors (Lipinski definition) is 7. The second-order valence-electron chi connectivity index (χ2n) is 8.25. The van der Waals surface area contributed by atoms with Gasteiger partial charge in [-0.2, -0.15) is 5.10 Å². The molecule has 6 nitrogen and oxygen atoms in total. The molecule has 4 aromatic rings. The Kier molecular flexibility index (Phi) is 5.39. The topological polar surface area (TPSA) is 70.0 Å². The minimum Gasteiger partial charge on any atom is -0.325 e. The van der Waals surface area contributed by atoms with Gasteiger partial charge in [-0.3, -0.25) is 4.79 Å². The van der Waals surface area contributed by atoms with Crippen LogP contribution in [0.2, 0.25) is 0 Å². The Morgan fingerprint density at radius 2 is 2.00 bits per heavy atom. The maximum absolute atomic E-state index is 12.6. The van der Waals surface area contributed by atoms with Gasteiger partial charge < -0.3 is 5.32 Å². The number of rotatable bonds is 4. The lowest BCUT2D eigenvalue weighted by Gasteiger charge is -2.29. The fourth-order valence-corrected chi connectivity index (χ4v) is 6.03. The van der Waals surface area contributed by atoms with Crippen LogP contribution in [0.15, 0.2) is 76.8 Å². The second-order valence-corrected chi connectivity index (χ2v) is 10.2. The van der Waals surface area contributed by atoms with E-state index in [-0.39, 0.29) is 17.7 Å². The van der Waals surface area contributed by atoms with E-state index in [1.54, 1.807) is 11.3 Å². The van der Waals surface area contributed by atoms with E-state index in [0.717, 1.165) is 39.1 Å². The van der Waals surface area contributed by atoms with Crippen molar-refractivity contribution in [1.29, 1.82) is 0 Å². The van der Waals surface area contributed by atoms with Crippen LogP contribution < -0.4 is 5.32 Å². The van der Waals surface area contributed by atoms with E-state index in [9.17, 15) is 4.79 Å². The Labute approximate surface area is 205 Å². The average molecular weight is 484 g/mol. The van der Waals surface area contributed by atoms with E-state index >= 15 is 0 Å². The molecule has 0 fully saturated rings. The number of amidine groups is 1. The minimum atomic E-state index is -0.0745. The number of aromatic nitrogens is 1. The predicted octanol–water partition coefficient (Wildman–Crippen LogP) is 6.38. The van der Waals surface area contributed by atoms with Crippen molar-refractivity contribution in [2.75, 3.05) is 11.1 Å². The highest BCUT2D eigenvalue weighted by Gasteiger charge is 2.32. The smallest absolute Gasteiger partial charge is 0.234 e. The lowest BCUT2D eigenvalue weighted by Crippen LogP contribution is -2.29. The number of anilines is 1. The number of aryl methyl sites for hydroxylation is 1. The highest BCUT2D eigenvalue weighted by atomic mass is 32.2. The number of nitrogens with one attached hydrogen (secondary N) is 1. The zero-order valence-corrected chi connectivity index (χ0v) is 20.1. The largest absolute Gasteiger partial charge is 0.325 e. The number of carbonyl (C=O) groups is 1. The molecule has 0 radical (unpaired) electrons. The Hall–Kier alpha value is -3.49. The summed E-state index contributed by atoms with van der Waals surface area (Å²) in [6.07, 6.45) is 2.76. The molecule has 1 aromatic heterocycles. The van der Waals surface area contributed by atoms with Gasteiger partial charge >= 0.3 is 0 Å². The molecule has 2 aliphatic rings. The third-order valence-corrected chi connectivity index (χ3v) is 7.84. The van der Waals surface area contributed by atoms with Crippen LogP contribution >= 0.6 is 23.1 Å². The standard InChI is InChI=1S/C26H21N5OS2/c1-16-6-11-21-23(14-16)34-25(29-21)17-7-9-18(10-8-17)28-24(32)15-33-26-30-20-5-3-2-4-19(20)22-12-13-27-31(22)26/h2-11,13-14,22H,12,15H2,1H3,(H,28,32)/t22-/m0/s1. The van der Waals surface area contributed by atoms with E-state index in [4.69, 9.17) is 9.98 Å². The zero-order chi connectivity index (χ0) is 23.1. The van der Waals surface area contributed by atoms with Gasteiger partial charge in [0.25, 0.3) is 0 Å². The van der Waals surface area contributed by atoms with Gasteiger partial charge in [-0.15, -0.1) is 11.3 Å². The first-order valence-electron chi connectivity index (χ1n) is 11.0. The first kappa shape index (κ1) is 21.1. The number of benzene rings is 3. The van der Waals surface area contributed by atoms with Crippen molar-refractivity contribution in [1.82, 2.24) is 9.99 Å². The Balaban J connectivity index is 1.12. The van der Waals surface area contributed by atoms with Crippen LogP contribution in [-0.4, -0.2) is 33.0 Å². The number of carbonyl (C=O) groups excluding carboxylic acids is 1. The summed E-state index contributed by atoms with van der Waals surface area (Å²) in [5, 5.41) is 11.1. The summed E-state index contributed by atoms with van der Waals surface area (Å²) in [7, 11) is 0. The monoisotopic (exact) mass is 483 g/mol. The third kappa shape index (κ3) is 3.99. The van der Waals surface area contributed by atoms with Gasteiger partial charge in [-0.1, -0.05) is 36.0 Å². The minimum absolute atomic E-state index is 0.0745. The van der Waals surface area contributed by atoms with E-state index < -0.39 is 0 Å². The number of para-hydroxylation sites is 1. The summed E-state index contributed by atoms with van der Waals surface area (Å²) in [6.45, 7) is 2.09. The lowest BCUT2D eigenvalue weighted by atomic mass is 10.0. The fourth-order valence-electron chi connectivity index (χ4n) is 4.16. The van der Waals surface area contributed by atoms with Crippen LogP contribution in [0.25, 0.3) is 20.8 Å². The fraction of sp³-hybridized carbons (Fsp3) is 0.154. The molecule has 2 aliphatic heterocycles.